The van der Waals surface area contributed by atoms with Crippen LogP contribution in [0.2, 0.25) is 10.0 Å². The van der Waals surface area contributed by atoms with Crippen molar-refractivity contribution in [3.05, 3.63) is 33.8 Å². The standard InChI is InChI=1S/C12H15Cl2NO3/c1-3-9(16)11(18-12(17)15-2)10-7(13)5-4-6-8(10)14/h4-6,9,11,16H,3H2,1-2H3,(H,15,17). The molecule has 0 saturated heterocycles. The van der Waals surface area contributed by atoms with Gasteiger partial charge in [-0.1, -0.05) is 36.2 Å². The van der Waals surface area contributed by atoms with Gasteiger partial charge in [0.2, 0.25) is 0 Å². The summed E-state index contributed by atoms with van der Waals surface area (Å²) in [7, 11) is 1.44. The first-order valence-electron chi connectivity index (χ1n) is 5.51. The molecule has 2 N–H and O–H groups in total. The van der Waals surface area contributed by atoms with Crippen LogP contribution in [0.5, 0.6) is 0 Å². The molecule has 0 aliphatic carbocycles. The normalized spacial score (nSPS) is 13.8. The quantitative estimate of drug-likeness (QED) is 0.896. The number of alkyl carbamates (subject to hydrolysis) is 1. The molecule has 1 amide bonds. The van der Waals surface area contributed by atoms with Gasteiger partial charge in [0.25, 0.3) is 0 Å². The van der Waals surface area contributed by atoms with Gasteiger partial charge >= 0.3 is 6.09 Å². The van der Waals surface area contributed by atoms with E-state index in [-0.39, 0.29) is 0 Å². The summed E-state index contributed by atoms with van der Waals surface area (Å²) in [6.45, 7) is 1.77. The van der Waals surface area contributed by atoms with Crippen LogP contribution in [0.3, 0.4) is 0 Å². The maximum Gasteiger partial charge on any atom is 0.407 e. The smallest absolute Gasteiger partial charge is 0.407 e. The number of amides is 1. The van der Waals surface area contributed by atoms with Gasteiger partial charge in [0.05, 0.1) is 6.10 Å². The first kappa shape index (κ1) is 15.1. The Kier molecular flexibility index (Phi) is 5.72. The maximum atomic E-state index is 11.3. The van der Waals surface area contributed by atoms with Crippen LogP contribution < -0.4 is 5.32 Å². The van der Waals surface area contributed by atoms with E-state index in [0.717, 1.165) is 0 Å². The van der Waals surface area contributed by atoms with Crippen molar-refractivity contribution in [3.63, 3.8) is 0 Å². The average Bonchev–Trinajstić information content (AvgIpc) is 2.36. The molecule has 0 heterocycles. The molecule has 18 heavy (non-hydrogen) atoms. The molecule has 0 aliphatic rings. The molecule has 0 radical (unpaired) electrons. The SMILES string of the molecule is CCC(O)C(OC(=O)NC)c1c(Cl)cccc1Cl. The Labute approximate surface area is 116 Å². The molecule has 0 spiro atoms. The first-order chi connectivity index (χ1) is 8.51. The number of halogens is 2. The molecule has 0 aliphatic heterocycles. The molecular formula is C12H15Cl2NO3. The number of ether oxygens (including phenoxy) is 1. The Morgan fingerprint density at radius 2 is 2.00 bits per heavy atom. The van der Waals surface area contributed by atoms with Crippen LogP contribution >= 0.6 is 23.2 Å². The lowest BCUT2D eigenvalue weighted by atomic mass is 10.0. The van der Waals surface area contributed by atoms with Gasteiger partial charge in [-0.3, -0.25) is 0 Å². The molecule has 1 aromatic carbocycles. The van der Waals surface area contributed by atoms with E-state index in [2.05, 4.69) is 5.32 Å². The van der Waals surface area contributed by atoms with E-state index >= 15 is 0 Å². The lowest BCUT2D eigenvalue weighted by Crippen LogP contribution is -2.28. The van der Waals surface area contributed by atoms with E-state index < -0.39 is 18.3 Å². The predicted octanol–water partition coefficient (Wildman–Crippen LogP) is 3.16. The third kappa shape index (κ3) is 3.51. The Morgan fingerprint density at radius 3 is 2.44 bits per heavy atom. The zero-order valence-corrected chi connectivity index (χ0v) is 11.6. The fraction of sp³-hybridized carbons (Fsp3) is 0.417. The zero-order chi connectivity index (χ0) is 13.7. The Hall–Kier alpha value is -0.970. The molecule has 0 aromatic heterocycles. The van der Waals surface area contributed by atoms with Gasteiger partial charge < -0.3 is 15.2 Å². The van der Waals surface area contributed by atoms with Crippen LogP contribution in [0.15, 0.2) is 18.2 Å². The van der Waals surface area contributed by atoms with Gasteiger partial charge in [-0.2, -0.15) is 0 Å². The number of rotatable bonds is 4. The van der Waals surface area contributed by atoms with Crippen molar-refractivity contribution in [1.29, 1.82) is 0 Å². The Balaban J connectivity index is 3.13. The fourth-order valence-electron chi connectivity index (χ4n) is 1.50. The maximum absolute atomic E-state index is 11.3. The van der Waals surface area contributed by atoms with Crippen LogP contribution in [-0.2, 0) is 4.74 Å². The van der Waals surface area contributed by atoms with Gasteiger partial charge in [0.1, 0.15) is 0 Å². The van der Waals surface area contributed by atoms with Crippen LogP contribution in [0.1, 0.15) is 25.0 Å². The fourth-order valence-corrected chi connectivity index (χ4v) is 2.11. The van der Waals surface area contributed by atoms with E-state index in [9.17, 15) is 9.90 Å². The highest BCUT2D eigenvalue weighted by atomic mass is 35.5. The molecule has 100 valence electrons. The summed E-state index contributed by atoms with van der Waals surface area (Å²) in [5.74, 6) is 0. The van der Waals surface area contributed by atoms with Crippen LogP contribution in [-0.4, -0.2) is 24.4 Å². The Morgan fingerprint density at radius 1 is 1.44 bits per heavy atom. The zero-order valence-electron chi connectivity index (χ0n) is 10.1. The number of carbonyl (C=O) groups excluding carboxylic acids is 1. The number of aliphatic hydroxyl groups excluding tert-OH is 1. The minimum Gasteiger partial charge on any atom is -0.438 e. The molecule has 2 unspecified atom stereocenters. The highest BCUT2D eigenvalue weighted by Gasteiger charge is 2.28. The molecule has 1 rings (SSSR count). The summed E-state index contributed by atoms with van der Waals surface area (Å²) in [5, 5.41) is 13.0. The second kappa shape index (κ2) is 6.83. The number of aliphatic hydroxyl groups is 1. The molecule has 6 heteroatoms. The largest absolute Gasteiger partial charge is 0.438 e. The van der Waals surface area contributed by atoms with E-state index in [0.29, 0.717) is 22.0 Å². The third-order valence-electron chi connectivity index (χ3n) is 2.49. The second-order valence-corrected chi connectivity index (χ2v) is 4.50. The third-order valence-corrected chi connectivity index (χ3v) is 3.15. The van der Waals surface area contributed by atoms with Gasteiger partial charge in [-0.05, 0) is 18.6 Å². The number of hydrogen-bond acceptors (Lipinski definition) is 3. The van der Waals surface area contributed by atoms with Crippen LogP contribution in [0.25, 0.3) is 0 Å². The van der Waals surface area contributed by atoms with Crippen molar-refractivity contribution >= 4 is 29.3 Å². The van der Waals surface area contributed by atoms with Gasteiger partial charge in [0.15, 0.2) is 6.10 Å². The monoisotopic (exact) mass is 291 g/mol. The van der Waals surface area contributed by atoms with Gasteiger partial charge in [0, 0.05) is 22.7 Å². The minimum absolute atomic E-state index is 0.351. The van der Waals surface area contributed by atoms with E-state index in [1.54, 1.807) is 25.1 Å². The topological polar surface area (TPSA) is 58.6 Å². The first-order valence-corrected chi connectivity index (χ1v) is 6.27. The molecule has 4 nitrogen and oxygen atoms in total. The van der Waals surface area contributed by atoms with Crippen molar-refractivity contribution in [3.8, 4) is 0 Å². The number of benzene rings is 1. The summed E-state index contributed by atoms with van der Waals surface area (Å²) in [5.41, 5.74) is 0.416. The number of carbonyl (C=O) groups is 1. The lowest BCUT2D eigenvalue weighted by Gasteiger charge is -2.24. The minimum atomic E-state index is -0.892. The summed E-state index contributed by atoms with van der Waals surface area (Å²) >= 11 is 12.1. The summed E-state index contributed by atoms with van der Waals surface area (Å²) < 4.78 is 5.13. The van der Waals surface area contributed by atoms with Gasteiger partial charge in [-0.15, -0.1) is 0 Å². The summed E-state index contributed by atoms with van der Waals surface area (Å²) in [6.07, 6.45) is -2.01. The van der Waals surface area contributed by atoms with Crippen molar-refractivity contribution in [1.82, 2.24) is 5.32 Å². The lowest BCUT2D eigenvalue weighted by molar-refractivity contribution is 0.000525. The van der Waals surface area contributed by atoms with Crippen molar-refractivity contribution in [2.75, 3.05) is 7.05 Å². The summed E-state index contributed by atoms with van der Waals surface area (Å²) in [4.78, 5) is 11.3. The van der Waals surface area contributed by atoms with Crippen molar-refractivity contribution < 1.29 is 14.6 Å². The molecule has 0 bridgehead atoms. The van der Waals surface area contributed by atoms with E-state index in [1.165, 1.54) is 7.05 Å². The van der Waals surface area contributed by atoms with Gasteiger partial charge in [-0.25, -0.2) is 4.79 Å². The highest BCUT2D eigenvalue weighted by molar-refractivity contribution is 6.36. The molecule has 2 atom stereocenters. The molecule has 0 saturated carbocycles. The summed E-state index contributed by atoms with van der Waals surface area (Å²) in [6, 6.07) is 4.94. The average molecular weight is 292 g/mol. The van der Waals surface area contributed by atoms with Crippen molar-refractivity contribution in [2.24, 2.45) is 0 Å². The van der Waals surface area contributed by atoms with Crippen molar-refractivity contribution in [2.45, 2.75) is 25.6 Å². The molecule has 1 aromatic rings. The predicted molar refractivity (Wildman–Crippen MR) is 71.0 cm³/mol. The second-order valence-electron chi connectivity index (χ2n) is 3.69. The Bertz CT molecular complexity index is 406. The van der Waals surface area contributed by atoms with Crippen LogP contribution in [0, 0.1) is 0 Å². The number of hydrogen-bond donors (Lipinski definition) is 2. The van der Waals surface area contributed by atoms with E-state index in [4.69, 9.17) is 27.9 Å². The van der Waals surface area contributed by atoms with Crippen LogP contribution in [0.4, 0.5) is 4.79 Å². The molecular weight excluding hydrogens is 277 g/mol. The molecule has 0 fully saturated rings. The highest BCUT2D eigenvalue weighted by Crippen LogP contribution is 2.35. The number of nitrogens with one attached hydrogen (secondary N) is 1. The van der Waals surface area contributed by atoms with E-state index in [1.807, 2.05) is 0 Å².